The van der Waals surface area contributed by atoms with Crippen LogP contribution in [0.5, 0.6) is 5.75 Å². The molecule has 0 saturated carbocycles. The Balaban J connectivity index is 1.66. The summed E-state index contributed by atoms with van der Waals surface area (Å²) in [6, 6.07) is 20.3. The van der Waals surface area contributed by atoms with Crippen molar-refractivity contribution in [3.63, 3.8) is 0 Å². The lowest BCUT2D eigenvalue weighted by atomic mass is 10.1. The van der Waals surface area contributed by atoms with Gasteiger partial charge in [-0.2, -0.15) is 0 Å². The summed E-state index contributed by atoms with van der Waals surface area (Å²) in [4.78, 5) is 36.1. The molecule has 152 valence electrons. The first-order valence-electron chi connectivity index (χ1n) is 9.19. The molecule has 3 N–H and O–H groups in total. The van der Waals surface area contributed by atoms with E-state index in [1.165, 1.54) is 14.0 Å². The van der Waals surface area contributed by atoms with Gasteiger partial charge in [-0.15, -0.1) is 0 Å². The second kappa shape index (κ2) is 9.38. The third kappa shape index (κ3) is 5.23. The third-order valence-electron chi connectivity index (χ3n) is 4.21. The molecule has 0 atom stereocenters. The molecule has 3 aromatic carbocycles. The van der Waals surface area contributed by atoms with Crippen LogP contribution in [0.4, 0.5) is 17.1 Å². The predicted molar refractivity (Wildman–Crippen MR) is 116 cm³/mol. The Kier molecular flexibility index (Phi) is 6.44. The highest BCUT2D eigenvalue weighted by Gasteiger charge is 2.11. The van der Waals surface area contributed by atoms with E-state index in [9.17, 15) is 14.4 Å². The highest BCUT2D eigenvalue weighted by atomic mass is 16.5. The zero-order chi connectivity index (χ0) is 21.5. The van der Waals surface area contributed by atoms with E-state index in [-0.39, 0.29) is 17.7 Å². The largest absolute Gasteiger partial charge is 0.495 e. The fraction of sp³-hybridized carbons (Fsp3) is 0.0870. The van der Waals surface area contributed by atoms with Gasteiger partial charge in [0.25, 0.3) is 11.8 Å². The quantitative estimate of drug-likeness (QED) is 0.576. The molecule has 7 heteroatoms. The summed E-state index contributed by atoms with van der Waals surface area (Å²) in [5, 5.41) is 8.21. The number of para-hydroxylation sites is 2. The van der Waals surface area contributed by atoms with Crippen LogP contribution in [0, 0.1) is 0 Å². The molecule has 0 bridgehead atoms. The number of hydrogen-bond acceptors (Lipinski definition) is 4. The molecule has 30 heavy (non-hydrogen) atoms. The minimum atomic E-state index is -0.326. The van der Waals surface area contributed by atoms with Crippen LogP contribution in [0.15, 0.2) is 72.8 Å². The predicted octanol–water partition coefficient (Wildman–Crippen LogP) is 4.16. The Labute approximate surface area is 174 Å². The lowest BCUT2D eigenvalue weighted by molar-refractivity contribution is -0.114. The van der Waals surface area contributed by atoms with E-state index >= 15 is 0 Å². The summed E-state index contributed by atoms with van der Waals surface area (Å²) >= 11 is 0. The zero-order valence-electron chi connectivity index (χ0n) is 16.6. The Hall–Kier alpha value is -4.13. The average molecular weight is 403 g/mol. The maximum Gasteiger partial charge on any atom is 0.255 e. The highest BCUT2D eigenvalue weighted by Crippen LogP contribution is 2.24. The van der Waals surface area contributed by atoms with Gasteiger partial charge in [-0.25, -0.2) is 0 Å². The maximum atomic E-state index is 12.5. The monoisotopic (exact) mass is 403 g/mol. The standard InChI is InChI=1S/C23H21N3O4/c1-15(27)24-19-7-5-6-17(14-19)23(29)25-18-12-10-16(11-13-18)22(28)26-20-8-3-4-9-21(20)30-2/h3-14H,1-2H3,(H,24,27)(H,25,29)(H,26,28). The second-order valence-electron chi connectivity index (χ2n) is 6.45. The number of ether oxygens (including phenoxy) is 1. The van der Waals surface area contributed by atoms with E-state index in [4.69, 9.17) is 4.74 Å². The Morgan fingerprint density at radius 1 is 0.700 bits per heavy atom. The number of carbonyl (C=O) groups excluding carboxylic acids is 3. The van der Waals surface area contributed by atoms with Gasteiger partial charge in [0.15, 0.2) is 0 Å². The number of anilines is 3. The van der Waals surface area contributed by atoms with Crippen LogP contribution in [0.2, 0.25) is 0 Å². The summed E-state index contributed by atoms with van der Waals surface area (Å²) in [7, 11) is 1.54. The first-order chi connectivity index (χ1) is 14.5. The van der Waals surface area contributed by atoms with Gasteiger partial charge in [-0.3, -0.25) is 14.4 Å². The van der Waals surface area contributed by atoms with Gasteiger partial charge in [0, 0.05) is 29.4 Å². The van der Waals surface area contributed by atoms with E-state index in [0.717, 1.165) is 0 Å². The molecule has 7 nitrogen and oxygen atoms in total. The van der Waals surface area contributed by atoms with Crippen molar-refractivity contribution in [2.24, 2.45) is 0 Å². The fourth-order valence-electron chi connectivity index (χ4n) is 2.79. The van der Waals surface area contributed by atoms with Crippen molar-refractivity contribution >= 4 is 34.8 Å². The minimum absolute atomic E-state index is 0.213. The third-order valence-corrected chi connectivity index (χ3v) is 4.21. The van der Waals surface area contributed by atoms with E-state index in [1.807, 2.05) is 6.07 Å². The van der Waals surface area contributed by atoms with Crippen LogP contribution in [0.1, 0.15) is 27.6 Å². The lowest BCUT2D eigenvalue weighted by Gasteiger charge is -2.11. The molecule has 0 aliphatic rings. The van der Waals surface area contributed by atoms with E-state index < -0.39 is 0 Å². The number of benzene rings is 3. The molecule has 0 radical (unpaired) electrons. The van der Waals surface area contributed by atoms with Crippen LogP contribution < -0.4 is 20.7 Å². The number of methoxy groups -OCH3 is 1. The molecule has 0 unspecified atom stereocenters. The number of amides is 3. The molecular weight excluding hydrogens is 382 g/mol. The average Bonchev–Trinajstić information content (AvgIpc) is 2.74. The number of rotatable bonds is 6. The first kappa shape index (κ1) is 20.6. The minimum Gasteiger partial charge on any atom is -0.495 e. The fourth-order valence-corrected chi connectivity index (χ4v) is 2.79. The summed E-state index contributed by atoms with van der Waals surface area (Å²) in [5.41, 5.74) is 2.49. The molecule has 0 heterocycles. The van der Waals surface area contributed by atoms with E-state index in [1.54, 1.807) is 66.7 Å². The number of hydrogen-bond donors (Lipinski definition) is 3. The van der Waals surface area contributed by atoms with Gasteiger partial charge >= 0.3 is 0 Å². The Bertz CT molecular complexity index is 1080. The molecule has 3 rings (SSSR count). The molecular formula is C23H21N3O4. The van der Waals surface area contributed by atoms with Crippen molar-refractivity contribution in [1.29, 1.82) is 0 Å². The first-order valence-corrected chi connectivity index (χ1v) is 9.19. The van der Waals surface area contributed by atoms with Crippen molar-refractivity contribution in [2.75, 3.05) is 23.1 Å². The van der Waals surface area contributed by atoms with Gasteiger partial charge < -0.3 is 20.7 Å². The molecule has 3 amide bonds. The van der Waals surface area contributed by atoms with Gasteiger partial charge in [0.05, 0.1) is 12.8 Å². The van der Waals surface area contributed by atoms with Gasteiger partial charge in [0.1, 0.15) is 5.75 Å². The number of carbonyl (C=O) groups is 3. The van der Waals surface area contributed by atoms with E-state index in [2.05, 4.69) is 16.0 Å². The molecule has 3 aromatic rings. The van der Waals surface area contributed by atoms with Crippen molar-refractivity contribution in [2.45, 2.75) is 6.92 Å². The van der Waals surface area contributed by atoms with Gasteiger partial charge in [-0.1, -0.05) is 18.2 Å². The smallest absolute Gasteiger partial charge is 0.255 e. The molecule has 0 spiro atoms. The SMILES string of the molecule is COc1ccccc1NC(=O)c1ccc(NC(=O)c2cccc(NC(C)=O)c2)cc1. The van der Waals surface area contributed by atoms with Crippen LogP contribution in [0.25, 0.3) is 0 Å². The molecule has 0 aromatic heterocycles. The lowest BCUT2D eigenvalue weighted by Crippen LogP contribution is -2.14. The Morgan fingerprint density at radius 2 is 1.40 bits per heavy atom. The summed E-state index contributed by atoms with van der Waals surface area (Å²) < 4.78 is 5.23. The normalized spacial score (nSPS) is 10.1. The van der Waals surface area contributed by atoms with Crippen molar-refractivity contribution in [1.82, 2.24) is 0 Å². The second-order valence-corrected chi connectivity index (χ2v) is 6.45. The molecule has 0 aliphatic carbocycles. The van der Waals surface area contributed by atoms with Crippen LogP contribution in [-0.4, -0.2) is 24.8 Å². The van der Waals surface area contributed by atoms with Crippen LogP contribution in [-0.2, 0) is 4.79 Å². The number of nitrogens with one attached hydrogen (secondary N) is 3. The van der Waals surface area contributed by atoms with Crippen molar-refractivity contribution in [3.05, 3.63) is 83.9 Å². The maximum absolute atomic E-state index is 12.5. The summed E-state index contributed by atoms with van der Waals surface area (Å²) in [6.07, 6.45) is 0. The molecule has 0 fully saturated rings. The Morgan fingerprint density at radius 3 is 2.10 bits per heavy atom. The van der Waals surface area contributed by atoms with Gasteiger partial charge in [-0.05, 0) is 54.6 Å². The van der Waals surface area contributed by atoms with Crippen molar-refractivity contribution < 1.29 is 19.1 Å². The molecule has 0 aliphatic heterocycles. The topological polar surface area (TPSA) is 96.5 Å². The van der Waals surface area contributed by atoms with E-state index in [0.29, 0.717) is 33.9 Å². The highest BCUT2D eigenvalue weighted by molar-refractivity contribution is 6.07. The zero-order valence-corrected chi connectivity index (χ0v) is 16.6. The summed E-state index contributed by atoms with van der Waals surface area (Å²) in [5.74, 6) is -0.264. The van der Waals surface area contributed by atoms with Gasteiger partial charge in [0.2, 0.25) is 5.91 Å². The van der Waals surface area contributed by atoms with Crippen LogP contribution >= 0.6 is 0 Å². The molecule has 0 saturated heterocycles. The summed E-state index contributed by atoms with van der Waals surface area (Å²) in [6.45, 7) is 1.40. The van der Waals surface area contributed by atoms with Crippen molar-refractivity contribution in [3.8, 4) is 5.75 Å². The van der Waals surface area contributed by atoms with Crippen LogP contribution in [0.3, 0.4) is 0 Å².